The highest BCUT2D eigenvalue weighted by molar-refractivity contribution is 6.59. The summed E-state index contributed by atoms with van der Waals surface area (Å²) in [6.07, 6.45) is 1.06. The number of hydrogen-bond acceptors (Lipinski definition) is 8. The Morgan fingerprint density at radius 1 is 0.700 bits per heavy atom. The Morgan fingerprint density at radius 3 is 1.40 bits per heavy atom. The summed E-state index contributed by atoms with van der Waals surface area (Å²) in [6.45, 7) is 4.33. The largest absolute Gasteiger partial charge is 0.425 e. The van der Waals surface area contributed by atoms with E-state index in [4.69, 9.17) is 32.9 Å². The molecule has 8 nitrogen and oxygen atoms in total. The van der Waals surface area contributed by atoms with E-state index in [1.807, 2.05) is 0 Å². The fourth-order valence-corrected chi connectivity index (χ4v) is 18.4. The van der Waals surface area contributed by atoms with E-state index in [-0.39, 0.29) is 0 Å². The quantitative estimate of drug-likeness (QED) is 0.406. The first kappa shape index (κ1) is 19.5. The van der Waals surface area contributed by atoms with Crippen LogP contribution in [-0.4, -0.2) is 79.3 Å². The van der Waals surface area contributed by atoms with Gasteiger partial charge in [-0.05, 0) is 5.54 Å². The van der Waals surface area contributed by atoms with Gasteiger partial charge in [-0.25, -0.2) is 0 Å². The maximum atomic E-state index is 5.88. The molecule has 1 heterocycles. The molecule has 0 aromatic carbocycles. The van der Waals surface area contributed by atoms with E-state index >= 15 is 0 Å². The molecule has 1 fully saturated rings. The van der Waals surface area contributed by atoms with Crippen LogP contribution in [0.3, 0.4) is 0 Å². The molecule has 16 heteroatoms. The van der Waals surface area contributed by atoms with Crippen molar-refractivity contribution in [1.82, 2.24) is 0 Å². The maximum absolute atomic E-state index is 5.88. The molecule has 20 heavy (non-hydrogen) atoms. The van der Waals surface area contributed by atoms with Crippen molar-refractivity contribution < 1.29 is 32.9 Å². The smallest absolute Gasteiger partial charge is 0.305 e. The van der Waals surface area contributed by atoms with E-state index < -0.39 is 79.3 Å². The third-order valence-corrected chi connectivity index (χ3v) is 15.7. The van der Waals surface area contributed by atoms with Crippen LogP contribution >= 0.6 is 0 Å². The first-order valence-electron chi connectivity index (χ1n) is 6.54. The molecule has 0 aliphatic carbocycles. The molecule has 1 rings (SSSR count). The van der Waals surface area contributed by atoms with E-state index in [1.54, 1.807) is 0 Å². The Morgan fingerprint density at radius 2 is 1.05 bits per heavy atom. The number of rotatable bonds is 2. The summed E-state index contributed by atoms with van der Waals surface area (Å²) in [6, 6.07) is 0. The monoisotopic (exact) mass is 424 g/mol. The second-order valence-corrected chi connectivity index (χ2v) is 20.1. The van der Waals surface area contributed by atoms with Crippen LogP contribution in [0.2, 0.25) is 5.54 Å². The Kier molecular flexibility index (Phi) is 13.7. The molecule has 0 amide bonds. The maximum Gasteiger partial charge on any atom is 0.305 e. The van der Waals surface area contributed by atoms with Crippen molar-refractivity contribution in [2.45, 2.75) is 25.8 Å². The second kappa shape index (κ2) is 14.0. The van der Waals surface area contributed by atoms with Crippen molar-refractivity contribution in [3.8, 4) is 0 Å². The summed E-state index contributed by atoms with van der Waals surface area (Å²) >= 11 is 0. The highest BCUT2D eigenvalue weighted by atomic mass is 28.4. The SMILES string of the molecule is CCC(C)[SiH]1O[SiH2]O[SiH2]O[SiH2]O[SiH2]O[SiH2]O[SiH2]O[SiH2]O1. The van der Waals surface area contributed by atoms with Gasteiger partial charge in [0.25, 0.3) is 70.0 Å². The van der Waals surface area contributed by atoms with Crippen molar-refractivity contribution in [3.05, 3.63) is 0 Å². The fraction of sp³-hybridized carbons (Fsp3) is 1.00. The Balaban J connectivity index is 2.28. The molecule has 1 atom stereocenters. The molecule has 1 aliphatic rings. The van der Waals surface area contributed by atoms with Gasteiger partial charge in [0.05, 0.1) is 0 Å². The van der Waals surface area contributed by atoms with Crippen LogP contribution in [0.25, 0.3) is 0 Å². The second-order valence-electron chi connectivity index (χ2n) is 4.14. The van der Waals surface area contributed by atoms with Gasteiger partial charge in [-0.2, -0.15) is 0 Å². The molecule has 0 aromatic rings. The van der Waals surface area contributed by atoms with E-state index in [0.717, 1.165) is 6.42 Å². The lowest BCUT2D eigenvalue weighted by molar-refractivity contribution is 0.331. The van der Waals surface area contributed by atoms with Crippen molar-refractivity contribution >= 4 is 79.3 Å². The Labute approximate surface area is 138 Å². The summed E-state index contributed by atoms with van der Waals surface area (Å²) in [5.41, 5.74) is 0.479. The average Bonchev–Trinajstić information content (AvgIpc) is 2.46. The zero-order chi connectivity index (χ0) is 14.5. The predicted octanol–water partition coefficient (Wildman–Crippen LogP) is -5.85. The minimum atomic E-state index is -1.65. The van der Waals surface area contributed by atoms with Gasteiger partial charge in [0.2, 0.25) is 0 Å². The molecule has 0 radical (unpaired) electrons. The molecule has 1 aliphatic heterocycles. The summed E-state index contributed by atoms with van der Waals surface area (Å²) < 4.78 is 44.5. The summed E-state index contributed by atoms with van der Waals surface area (Å²) in [7, 11) is -8.17. The van der Waals surface area contributed by atoms with Crippen molar-refractivity contribution in [3.63, 3.8) is 0 Å². The summed E-state index contributed by atoms with van der Waals surface area (Å²) in [4.78, 5) is 0. The predicted molar refractivity (Wildman–Crippen MR) is 95.4 cm³/mol. The van der Waals surface area contributed by atoms with Gasteiger partial charge in [-0.3, -0.25) is 0 Å². The lowest BCUT2D eigenvalue weighted by Crippen LogP contribution is -2.33. The minimum absolute atomic E-state index is 0.479. The average molecular weight is 425 g/mol. The topological polar surface area (TPSA) is 73.8 Å². The van der Waals surface area contributed by atoms with E-state index in [2.05, 4.69) is 13.8 Å². The van der Waals surface area contributed by atoms with Gasteiger partial charge >= 0.3 is 9.28 Å². The van der Waals surface area contributed by atoms with Crippen LogP contribution in [0.5, 0.6) is 0 Å². The van der Waals surface area contributed by atoms with E-state index in [9.17, 15) is 0 Å². The van der Waals surface area contributed by atoms with Gasteiger partial charge in [0, 0.05) is 0 Å². The molecule has 120 valence electrons. The Bertz CT molecular complexity index is 211. The lowest BCUT2D eigenvalue weighted by Gasteiger charge is -2.22. The number of hydrogen-bond donors (Lipinski definition) is 0. The third kappa shape index (κ3) is 10.2. The van der Waals surface area contributed by atoms with Crippen LogP contribution in [0.15, 0.2) is 0 Å². The van der Waals surface area contributed by atoms with Gasteiger partial charge in [-0.1, -0.05) is 20.3 Å². The third-order valence-electron chi connectivity index (χ3n) is 2.57. The van der Waals surface area contributed by atoms with Crippen LogP contribution < -0.4 is 0 Å². The highest BCUT2D eigenvalue weighted by Crippen LogP contribution is 2.14. The van der Waals surface area contributed by atoms with Gasteiger partial charge in [0.1, 0.15) is 0 Å². The molecule has 0 bridgehead atoms. The van der Waals surface area contributed by atoms with Gasteiger partial charge < -0.3 is 32.9 Å². The van der Waals surface area contributed by atoms with Crippen molar-refractivity contribution in [1.29, 1.82) is 0 Å². The van der Waals surface area contributed by atoms with Crippen LogP contribution in [0.4, 0.5) is 0 Å². The zero-order valence-electron chi connectivity index (χ0n) is 12.1. The van der Waals surface area contributed by atoms with Crippen LogP contribution in [-0.2, 0) is 32.9 Å². The first-order chi connectivity index (χ1) is 9.84. The highest BCUT2D eigenvalue weighted by Gasteiger charge is 2.20. The molecular weight excluding hydrogens is 401 g/mol. The van der Waals surface area contributed by atoms with Gasteiger partial charge in [-0.15, -0.1) is 0 Å². The lowest BCUT2D eigenvalue weighted by atomic mass is 10.4. The standard InChI is InChI=1S/C4H24O8Si8/c1-3-4(2)20-11-18-9-16-7-14-5-13-6-15-8-17-10-19-12-20/h4,20H,3,13-19H2,1-2H3. The van der Waals surface area contributed by atoms with Crippen LogP contribution in [0.1, 0.15) is 20.3 Å². The molecule has 1 unspecified atom stereocenters. The molecule has 0 saturated carbocycles. The van der Waals surface area contributed by atoms with Crippen LogP contribution in [0, 0.1) is 0 Å². The summed E-state index contributed by atoms with van der Waals surface area (Å²) in [5, 5.41) is 0. The molecule has 0 aromatic heterocycles. The molecule has 1 saturated heterocycles. The summed E-state index contributed by atoms with van der Waals surface area (Å²) in [5.74, 6) is 0. The molecular formula is C4H24O8Si8. The Hall–Kier alpha value is 1.42. The molecule has 0 spiro atoms. The molecule has 0 N–H and O–H groups in total. The van der Waals surface area contributed by atoms with Gasteiger partial charge in [0.15, 0.2) is 0 Å². The normalized spacial score (nSPS) is 35.4. The van der Waals surface area contributed by atoms with E-state index in [0.29, 0.717) is 5.54 Å². The zero-order valence-corrected chi connectivity index (χ0v) is 23.1. The van der Waals surface area contributed by atoms with E-state index in [1.165, 1.54) is 0 Å². The van der Waals surface area contributed by atoms with Crippen molar-refractivity contribution in [2.24, 2.45) is 0 Å². The fourth-order valence-electron chi connectivity index (χ4n) is 1.30. The minimum Gasteiger partial charge on any atom is -0.425 e. The first-order valence-corrected chi connectivity index (χ1v) is 16.2. The van der Waals surface area contributed by atoms with Crippen molar-refractivity contribution in [2.75, 3.05) is 0 Å².